The number of rotatable bonds is 3. The normalized spacial score (nSPS) is 11.1. The minimum Gasteiger partial charge on any atom is -0.332 e. The van der Waals surface area contributed by atoms with Crippen LogP contribution in [0.15, 0.2) is 71.3 Å². The molecule has 0 fully saturated rings. The number of hydrogen-bond acceptors (Lipinski definition) is 2. The zero-order valence-electron chi connectivity index (χ0n) is 12.7. The molecule has 0 bridgehead atoms. The number of imidazole rings is 1. The molecule has 5 heteroatoms. The molecule has 0 unspecified atom stereocenters. The van der Waals surface area contributed by atoms with E-state index in [1.54, 1.807) is 0 Å². The number of halogens is 2. The second-order valence-electron chi connectivity index (χ2n) is 5.51. The lowest BCUT2D eigenvalue weighted by Crippen LogP contribution is -2.03. The second kappa shape index (κ2) is 6.38. The summed E-state index contributed by atoms with van der Waals surface area (Å²) in [6, 6.07) is 20.1. The third-order valence-electron chi connectivity index (χ3n) is 3.84. The maximum atomic E-state index is 6.57. The summed E-state index contributed by atoms with van der Waals surface area (Å²) >= 11 is 10.0. The van der Waals surface area contributed by atoms with E-state index in [1.807, 2.05) is 59.3 Å². The summed E-state index contributed by atoms with van der Waals surface area (Å²) in [6.07, 6.45) is 1.95. The molecular formula is C19H13BrClN3. The lowest BCUT2D eigenvalue weighted by atomic mass is 10.2. The Kier molecular flexibility index (Phi) is 4.08. The molecule has 0 radical (unpaired) electrons. The Bertz CT molecular complexity index is 948. The first kappa shape index (κ1) is 15.4. The predicted molar refractivity (Wildman–Crippen MR) is 100 cm³/mol. The van der Waals surface area contributed by atoms with Gasteiger partial charge in [0.2, 0.25) is 0 Å². The number of fused-ring (bicyclic) bond motifs is 1. The van der Waals surface area contributed by atoms with Gasteiger partial charge in [-0.1, -0.05) is 70.0 Å². The van der Waals surface area contributed by atoms with E-state index >= 15 is 0 Å². The number of pyridine rings is 1. The van der Waals surface area contributed by atoms with E-state index in [4.69, 9.17) is 11.6 Å². The van der Waals surface area contributed by atoms with Crippen LogP contribution in [0, 0.1) is 0 Å². The van der Waals surface area contributed by atoms with Gasteiger partial charge in [-0.3, -0.25) is 0 Å². The van der Waals surface area contributed by atoms with Crippen molar-refractivity contribution in [2.75, 3.05) is 0 Å². The van der Waals surface area contributed by atoms with Crippen molar-refractivity contribution in [2.24, 2.45) is 0 Å². The van der Waals surface area contributed by atoms with Crippen LogP contribution in [-0.4, -0.2) is 14.5 Å². The van der Waals surface area contributed by atoms with Gasteiger partial charge in [0, 0.05) is 22.8 Å². The average Bonchev–Trinajstić information content (AvgIpc) is 3.05. The highest BCUT2D eigenvalue weighted by molar-refractivity contribution is 9.10. The highest BCUT2D eigenvalue weighted by Crippen LogP contribution is 2.31. The van der Waals surface area contributed by atoms with E-state index in [0.717, 1.165) is 21.4 Å². The summed E-state index contributed by atoms with van der Waals surface area (Å²) in [7, 11) is 0. The van der Waals surface area contributed by atoms with Gasteiger partial charge in [-0.25, -0.2) is 9.97 Å². The van der Waals surface area contributed by atoms with Crippen molar-refractivity contribution >= 4 is 27.5 Å². The van der Waals surface area contributed by atoms with Gasteiger partial charge in [0.15, 0.2) is 5.82 Å². The van der Waals surface area contributed by atoms with E-state index < -0.39 is 0 Å². The first-order valence-electron chi connectivity index (χ1n) is 7.53. The molecule has 2 aliphatic rings. The van der Waals surface area contributed by atoms with Gasteiger partial charge < -0.3 is 4.57 Å². The van der Waals surface area contributed by atoms with Gasteiger partial charge in [0.25, 0.3) is 0 Å². The van der Waals surface area contributed by atoms with E-state index in [0.29, 0.717) is 17.5 Å². The summed E-state index contributed by atoms with van der Waals surface area (Å²) in [5.74, 6) is 0.703. The van der Waals surface area contributed by atoms with Crippen LogP contribution in [0.4, 0.5) is 0 Å². The largest absolute Gasteiger partial charge is 0.332 e. The van der Waals surface area contributed by atoms with E-state index in [2.05, 4.69) is 38.0 Å². The average molecular weight is 399 g/mol. The smallest absolute Gasteiger partial charge is 0.160 e. The van der Waals surface area contributed by atoms with Crippen LogP contribution >= 0.6 is 27.5 Å². The minimum atomic E-state index is 0.602. The fourth-order valence-corrected chi connectivity index (χ4v) is 3.13. The van der Waals surface area contributed by atoms with Crippen LogP contribution in [0.2, 0.25) is 5.15 Å². The molecule has 2 aromatic rings. The van der Waals surface area contributed by atoms with Gasteiger partial charge in [-0.05, 0) is 23.8 Å². The Labute approximate surface area is 153 Å². The fraction of sp³-hybridized carbons (Fsp3) is 0.0526. The van der Waals surface area contributed by atoms with Crippen LogP contribution in [0.1, 0.15) is 5.56 Å². The maximum absolute atomic E-state index is 6.57. The van der Waals surface area contributed by atoms with Crippen molar-refractivity contribution in [3.05, 3.63) is 82.0 Å². The van der Waals surface area contributed by atoms with Crippen molar-refractivity contribution in [3.8, 4) is 22.8 Å². The van der Waals surface area contributed by atoms with Crippen molar-refractivity contribution in [1.82, 2.24) is 14.5 Å². The number of nitrogens with zero attached hydrogens (tertiary/aromatic N) is 3. The first-order chi connectivity index (χ1) is 11.7. The Morgan fingerprint density at radius 2 is 1.67 bits per heavy atom. The van der Waals surface area contributed by atoms with Crippen molar-refractivity contribution in [2.45, 2.75) is 6.54 Å². The molecule has 0 saturated carbocycles. The van der Waals surface area contributed by atoms with Crippen LogP contribution < -0.4 is 0 Å². The Morgan fingerprint density at radius 1 is 0.917 bits per heavy atom. The van der Waals surface area contributed by atoms with Crippen molar-refractivity contribution in [1.29, 1.82) is 0 Å². The van der Waals surface area contributed by atoms with Gasteiger partial charge in [0.05, 0.1) is 5.69 Å². The van der Waals surface area contributed by atoms with Crippen LogP contribution in [0.3, 0.4) is 0 Å². The quantitative estimate of drug-likeness (QED) is 0.426. The van der Waals surface area contributed by atoms with Gasteiger partial charge in [-0.15, -0.1) is 0 Å². The molecule has 0 spiro atoms. The molecule has 118 valence electrons. The zero-order valence-corrected chi connectivity index (χ0v) is 15.0. The zero-order chi connectivity index (χ0) is 16.5. The molecule has 24 heavy (non-hydrogen) atoms. The van der Waals surface area contributed by atoms with Crippen LogP contribution in [0.25, 0.3) is 22.8 Å². The monoisotopic (exact) mass is 397 g/mol. The lowest BCUT2D eigenvalue weighted by Gasteiger charge is -2.11. The molecule has 0 amide bonds. The lowest BCUT2D eigenvalue weighted by molar-refractivity contribution is 0.790. The summed E-state index contributed by atoms with van der Waals surface area (Å²) in [6.45, 7) is 0.690. The minimum absolute atomic E-state index is 0.602. The SMILES string of the molecule is Clc1c2nc(-c3ccccc3)nc-2ccn1Cc1ccc(Br)cc1. The molecule has 4 rings (SSSR count). The number of aromatic nitrogens is 3. The third kappa shape index (κ3) is 2.95. The van der Waals surface area contributed by atoms with E-state index in [1.165, 1.54) is 5.56 Å². The first-order valence-corrected chi connectivity index (χ1v) is 8.70. The summed E-state index contributed by atoms with van der Waals surface area (Å²) in [5.41, 5.74) is 3.71. The van der Waals surface area contributed by atoms with Crippen LogP contribution in [-0.2, 0) is 6.54 Å². The Balaban J connectivity index is 1.72. The fourth-order valence-electron chi connectivity index (χ4n) is 2.61. The molecule has 0 saturated heterocycles. The van der Waals surface area contributed by atoms with Crippen molar-refractivity contribution in [3.63, 3.8) is 0 Å². The van der Waals surface area contributed by atoms with Crippen LogP contribution in [0.5, 0.6) is 0 Å². The molecule has 3 nitrogen and oxygen atoms in total. The third-order valence-corrected chi connectivity index (χ3v) is 4.77. The topological polar surface area (TPSA) is 30.7 Å². The molecule has 2 heterocycles. The molecule has 0 atom stereocenters. The predicted octanol–water partition coefficient (Wildman–Crippen LogP) is 5.51. The van der Waals surface area contributed by atoms with Gasteiger partial charge in [-0.2, -0.15) is 0 Å². The molecule has 2 aliphatic heterocycles. The molecule has 2 aromatic carbocycles. The highest BCUT2D eigenvalue weighted by Gasteiger charge is 2.17. The maximum Gasteiger partial charge on any atom is 0.160 e. The second-order valence-corrected chi connectivity index (χ2v) is 6.78. The number of benzene rings is 2. The summed E-state index contributed by atoms with van der Waals surface area (Å²) < 4.78 is 3.04. The molecule has 0 aromatic heterocycles. The van der Waals surface area contributed by atoms with E-state index in [9.17, 15) is 0 Å². The molecule has 0 N–H and O–H groups in total. The standard InChI is InChI=1S/C19H13BrClN3/c20-15-8-6-13(7-9-15)12-24-11-10-16-17(18(24)21)23-19(22-16)14-4-2-1-3-5-14/h1-11H,12H2. The summed E-state index contributed by atoms with van der Waals surface area (Å²) in [5, 5.41) is 0.602. The highest BCUT2D eigenvalue weighted by atomic mass is 79.9. The van der Waals surface area contributed by atoms with Crippen molar-refractivity contribution < 1.29 is 0 Å². The Morgan fingerprint density at radius 3 is 2.42 bits per heavy atom. The van der Waals surface area contributed by atoms with E-state index in [-0.39, 0.29) is 0 Å². The van der Waals surface area contributed by atoms with Gasteiger partial charge >= 0.3 is 0 Å². The number of hydrogen-bond donors (Lipinski definition) is 0. The van der Waals surface area contributed by atoms with Gasteiger partial charge in [0.1, 0.15) is 10.8 Å². The molecule has 0 aliphatic carbocycles. The summed E-state index contributed by atoms with van der Waals surface area (Å²) in [4.78, 5) is 9.22. The molecular weight excluding hydrogens is 386 g/mol. The Hall–Kier alpha value is -2.17.